The van der Waals surface area contributed by atoms with Crippen LogP contribution in [0.1, 0.15) is 32.3 Å². The maximum Gasteiger partial charge on any atom is 0.262 e. The van der Waals surface area contributed by atoms with Gasteiger partial charge in [0.15, 0.2) is 13.2 Å². The molecule has 0 fully saturated rings. The number of rotatable bonds is 9. The monoisotopic (exact) mass is 370 g/mol. The summed E-state index contributed by atoms with van der Waals surface area (Å²) in [7, 11) is 0. The van der Waals surface area contributed by atoms with Gasteiger partial charge in [-0.15, -0.1) is 0 Å². The summed E-state index contributed by atoms with van der Waals surface area (Å²) in [4.78, 5) is 23.4. The van der Waals surface area contributed by atoms with E-state index in [0.717, 1.165) is 0 Å². The van der Waals surface area contributed by atoms with Gasteiger partial charge in [0.2, 0.25) is 0 Å². The molecule has 0 aromatic heterocycles. The van der Waals surface area contributed by atoms with Gasteiger partial charge in [0.25, 0.3) is 11.8 Å². The minimum absolute atomic E-state index is 0.0387. The van der Waals surface area contributed by atoms with Gasteiger partial charge in [-0.2, -0.15) is 0 Å². The van der Waals surface area contributed by atoms with Crippen LogP contribution in [-0.4, -0.2) is 31.6 Å². The third kappa shape index (κ3) is 7.01. The number of carbonyl (C=O) groups is 2. The van der Waals surface area contributed by atoms with E-state index in [-0.39, 0.29) is 25.0 Å². The zero-order valence-corrected chi connectivity index (χ0v) is 16.0. The molecule has 0 aliphatic heterocycles. The van der Waals surface area contributed by atoms with Crippen molar-refractivity contribution in [2.24, 2.45) is 0 Å². The van der Waals surface area contributed by atoms with Crippen molar-refractivity contribution in [3.8, 4) is 11.5 Å². The van der Waals surface area contributed by atoms with Crippen molar-refractivity contribution in [1.29, 1.82) is 0 Å². The third-order valence-corrected chi connectivity index (χ3v) is 3.80. The van der Waals surface area contributed by atoms with Gasteiger partial charge in [-0.05, 0) is 54.8 Å². The molecule has 0 aliphatic rings. The van der Waals surface area contributed by atoms with E-state index in [9.17, 15) is 9.59 Å². The highest BCUT2D eigenvalue weighted by atomic mass is 16.5. The van der Waals surface area contributed by atoms with Crippen LogP contribution in [0.2, 0.25) is 0 Å². The molecule has 0 heterocycles. The summed E-state index contributed by atoms with van der Waals surface area (Å²) in [6, 6.07) is 14.5. The van der Waals surface area contributed by atoms with Crippen molar-refractivity contribution in [2.45, 2.75) is 26.7 Å². The number of likely N-dealkylation sites (N-methyl/N-ethyl adjacent to an activating group) is 1. The predicted octanol–water partition coefficient (Wildman–Crippen LogP) is 3.34. The van der Waals surface area contributed by atoms with Crippen LogP contribution in [0.3, 0.4) is 0 Å². The van der Waals surface area contributed by atoms with Crippen LogP contribution in [0.25, 0.3) is 0 Å². The smallest absolute Gasteiger partial charge is 0.262 e. The highest BCUT2D eigenvalue weighted by molar-refractivity contribution is 5.91. The van der Waals surface area contributed by atoms with Gasteiger partial charge >= 0.3 is 0 Å². The Labute approximate surface area is 159 Å². The SMILES string of the molecule is CCNC(=O)COc1ccc(NC(=O)COc2ccc(C(C)C)cc2)cc1. The standard InChI is InChI=1S/C21H26N2O4/c1-4-22-20(24)13-26-19-11-7-17(8-12-19)23-21(25)14-27-18-9-5-16(6-10-18)15(2)3/h5-12,15H,4,13-14H2,1-3H3,(H,22,24)(H,23,25). The first-order valence-electron chi connectivity index (χ1n) is 9.00. The number of hydrogen-bond donors (Lipinski definition) is 2. The summed E-state index contributed by atoms with van der Waals surface area (Å²) >= 11 is 0. The lowest BCUT2D eigenvalue weighted by molar-refractivity contribution is -0.123. The van der Waals surface area contributed by atoms with Crippen LogP contribution in [0.5, 0.6) is 11.5 Å². The average Bonchev–Trinajstić information content (AvgIpc) is 2.66. The summed E-state index contributed by atoms with van der Waals surface area (Å²) in [5, 5.41) is 5.41. The van der Waals surface area contributed by atoms with E-state index in [1.54, 1.807) is 24.3 Å². The van der Waals surface area contributed by atoms with E-state index in [2.05, 4.69) is 24.5 Å². The molecular weight excluding hydrogens is 344 g/mol. The normalized spacial score (nSPS) is 10.4. The number of carbonyl (C=O) groups excluding carboxylic acids is 2. The van der Waals surface area contributed by atoms with E-state index in [1.807, 2.05) is 31.2 Å². The molecule has 0 unspecified atom stereocenters. The summed E-state index contributed by atoms with van der Waals surface area (Å²) in [5.74, 6) is 1.24. The molecule has 6 heteroatoms. The minimum Gasteiger partial charge on any atom is -0.484 e. The average molecular weight is 370 g/mol. The van der Waals surface area contributed by atoms with Crippen LogP contribution in [-0.2, 0) is 9.59 Å². The second-order valence-electron chi connectivity index (χ2n) is 6.33. The lowest BCUT2D eigenvalue weighted by Gasteiger charge is -2.10. The van der Waals surface area contributed by atoms with E-state index < -0.39 is 0 Å². The van der Waals surface area contributed by atoms with E-state index in [4.69, 9.17) is 9.47 Å². The van der Waals surface area contributed by atoms with Crippen molar-refractivity contribution in [2.75, 3.05) is 25.1 Å². The van der Waals surface area contributed by atoms with Crippen LogP contribution in [0.15, 0.2) is 48.5 Å². The van der Waals surface area contributed by atoms with Crippen LogP contribution < -0.4 is 20.1 Å². The number of amides is 2. The molecule has 2 rings (SSSR count). The Morgan fingerprint density at radius 2 is 1.37 bits per heavy atom. The second-order valence-corrected chi connectivity index (χ2v) is 6.33. The van der Waals surface area contributed by atoms with Gasteiger partial charge in [0.1, 0.15) is 11.5 Å². The van der Waals surface area contributed by atoms with Gasteiger partial charge < -0.3 is 20.1 Å². The molecule has 2 aromatic carbocycles. The number of nitrogens with one attached hydrogen (secondary N) is 2. The van der Waals surface area contributed by atoms with E-state index in [1.165, 1.54) is 5.56 Å². The molecule has 27 heavy (non-hydrogen) atoms. The minimum atomic E-state index is -0.251. The first-order chi connectivity index (χ1) is 13.0. The lowest BCUT2D eigenvalue weighted by atomic mass is 10.0. The Hall–Kier alpha value is -3.02. The molecular formula is C21H26N2O4. The molecule has 0 saturated carbocycles. The quantitative estimate of drug-likeness (QED) is 0.710. The zero-order chi connectivity index (χ0) is 19.6. The second kappa shape index (κ2) is 10.2. The zero-order valence-electron chi connectivity index (χ0n) is 16.0. The Morgan fingerprint density at radius 3 is 1.89 bits per heavy atom. The number of benzene rings is 2. The Morgan fingerprint density at radius 1 is 0.852 bits per heavy atom. The summed E-state index contributed by atoms with van der Waals surface area (Å²) in [6.45, 7) is 6.55. The number of anilines is 1. The van der Waals surface area contributed by atoms with Crippen molar-refractivity contribution in [3.05, 3.63) is 54.1 Å². The van der Waals surface area contributed by atoms with Crippen molar-refractivity contribution >= 4 is 17.5 Å². The molecule has 6 nitrogen and oxygen atoms in total. The summed E-state index contributed by atoms with van der Waals surface area (Å²) < 4.78 is 10.9. The molecule has 0 radical (unpaired) electrons. The molecule has 0 atom stereocenters. The van der Waals surface area contributed by atoms with E-state index >= 15 is 0 Å². The van der Waals surface area contributed by atoms with Gasteiger partial charge in [-0.25, -0.2) is 0 Å². The van der Waals surface area contributed by atoms with Gasteiger partial charge in [0, 0.05) is 12.2 Å². The van der Waals surface area contributed by atoms with Gasteiger partial charge in [0.05, 0.1) is 0 Å². The molecule has 2 aromatic rings. The fraction of sp³-hybridized carbons (Fsp3) is 0.333. The van der Waals surface area contributed by atoms with Crippen molar-refractivity contribution in [1.82, 2.24) is 5.32 Å². The molecule has 0 saturated heterocycles. The molecule has 144 valence electrons. The van der Waals surface area contributed by atoms with Crippen LogP contribution in [0.4, 0.5) is 5.69 Å². The number of hydrogen-bond acceptors (Lipinski definition) is 4. The fourth-order valence-electron chi connectivity index (χ4n) is 2.33. The largest absolute Gasteiger partial charge is 0.484 e. The maximum absolute atomic E-state index is 12.0. The molecule has 0 bridgehead atoms. The summed E-state index contributed by atoms with van der Waals surface area (Å²) in [6.07, 6.45) is 0. The van der Waals surface area contributed by atoms with Crippen molar-refractivity contribution < 1.29 is 19.1 Å². The highest BCUT2D eigenvalue weighted by Gasteiger charge is 2.06. The van der Waals surface area contributed by atoms with Gasteiger partial charge in [-0.1, -0.05) is 26.0 Å². The fourth-order valence-corrected chi connectivity index (χ4v) is 2.33. The first-order valence-corrected chi connectivity index (χ1v) is 9.00. The topological polar surface area (TPSA) is 76.7 Å². The first kappa shape index (κ1) is 20.3. The highest BCUT2D eigenvalue weighted by Crippen LogP contribution is 2.19. The molecule has 0 aliphatic carbocycles. The lowest BCUT2D eigenvalue weighted by Crippen LogP contribution is -2.28. The number of ether oxygens (including phenoxy) is 2. The molecule has 2 N–H and O–H groups in total. The van der Waals surface area contributed by atoms with Crippen LogP contribution >= 0.6 is 0 Å². The molecule has 0 spiro atoms. The Balaban J connectivity index is 1.77. The predicted molar refractivity (Wildman–Crippen MR) is 105 cm³/mol. The van der Waals surface area contributed by atoms with Crippen molar-refractivity contribution in [3.63, 3.8) is 0 Å². The van der Waals surface area contributed by atoms with E-state index in [0.29, 0.717) is 29.6 Å². The maximum atomic E-state index is 12.0. The molecule has 2 amide bonds. The van der Waals surface area contributed by atoms with Gasteiger partial charge in [-0.3, -0.25) is 9.59 Å². The Kier molecular flexibility index (Phi) is 7.67. The summed E-state index contributed by atoms with van der Waals surface area (Å²) in [5.41, 5.74) is 1.85. The third-order valence-electron chi connectivity index (χ3n) is 3.80. The Bertz CT molecular complexity index is 740. The van der Waals surface area contributed by atoms with Crippen LogP contribution in [0, 0.1) is 0 Å².